The molecule has 0 bridgehead atoms. The smallest absolute Gasteiger partial charge is 0.309 e. The summed E-state index contributed by atoms with van der Waals surface area (Å²) in [6.45, 7) is 3.33. The van der Waals surface area contributed by atoms with Crippen LogP contribution >= 0.6 is 22.6 Å². The topological polar surface area (TPSA) is 89.6 Å². The van der Waals surface area contributed by atoms with Crippen LogP contribution < -0.4 is 10.5 Å². The Morgan fingerprint density at radius 1 is 1.45 bits per heavy atom. The molecular formula is C14H18INO4. The number of nitrogen functional groups attached to an aromatic ring is 1. The highest BCUT2D eigenvalue weighted by atomic mass is 127. The number of methoxy groups -OCH3 is 1. The molecule has 1 rings (SSSR count). The van der Waals surface area contributed by atoms with Crippen molar-refractivity contribution in [3.05, 3.63) is 21.3 Å². The van der Waals surface area contributed by atoms with Gasteiger partial charge >= 0.3 is 5.97 Å². The quantitative estimate of drug-likeness (QED) is 0.442. The molecule has 0 spiro atoms. The van der Waals surface area contributed by atoms with Crippen molar-refractivity contribution in [3.8, 4) is 5.75 Å². The van der Waals surface area contributed by atoms with Crippen molar-refractivity contribution in [2.75, 3.05) is 12.8 Å². The molecule has 0 amide bonds. The lowest BCUT2D eigenvalue weighted by atomic mass is 9.81. The fourth-order valence-corrected chi connectivity index (χ4v) is 2.22. The van der Waals surface area contributed by atoms with Crippen molar-refractivity contribution in [1.82, 2.24) is 0 Å². The number of hydrogen-bond acceptors (Lipinski definition) is 4. The normalized spacial score (nSPS) is 13.6. The zero-order valence-corrected chi connectivity index (χ0v) is 13.9. The molecule has 0 aliphatic rings. The molecule has 0 fully saturated rings. The number of halogens is 1. The number of aliphatic carboxylic acids is 1. The lowest BCUT2D eigenvalue weighted by molar-refractivity contribution is -0.148. The molecule has 0 unspecified atom stereocenters. The molecule has 3 N–H and O–H groups in total. The minimum absolute atomic E-state index is 0.0742. The van der Waals surface area contributed by atoms with E-state index in [-0.39, 0.29) is 12.2 Å². The Morgan fingerprint density at radius 3 is 2.50 bits per heavy atom. The molecule has 0 saturated carbocycles. The number of carboxylic acid groups (broad SMARTS) is 1. The van der Waals surface area contributed by atoms with Crippen LogP contribution in [0, 0.1) is 8.99 Å². The molecule has 1 aromatic rings. The highest BCUT2D eigenvalue weighted by molar-refractivity contribution is 14.1. The Labute approximate surface area is 131 Å². The monoisotopic (exact) mass is 391 g/mol. The molecule has 0 radical (unpaired) electrons. The Hall–Kier alpha value is -1.31. The van der Waals surface area contributed by atoms with Crippen LogP contribution in [0.1, 0.15) is 37.0 Å². The van der Waals surface area contributed by atoms with Gasteiger partial charge in [0.2, 0.25) is 0 Å². The van der Waals surface area contributed by atoms with Crippen molar-refractivity contribution in [2.45, 2.75) is 26.7 Å². The molecule has 110 valence electrons. The van der Waals surface area contributed by atoms with Crippen LogP contribution in [-0.4, -0.2) is 24.0 Å². The summed E-state index contributed by atoms with van der Waals surface area (Å²) in [7, 11) is 1.45. The molecule has 1 aromatic carbocycles. The summed E-state index contributed by atoms with van der Waals surface area (Å²) in [4.78, 5) is 23.7. The van der Waals surface area contributed by atoms with Gasteiger partial charge in [0.1, 0.15) is 5.75 Å². The standard InChI is InChI=1S/C14H18INO4/c1-4-14(2,13(18)19)7-11(17)8-5-9(15)10(16)6-12(8)20-3/h5-6H,4,7,16H2,1-3H3,(H,18,19)/t14-/m1/s1. The minimum Gasteiger partial charge on any atom is -0.496 e. The van der Waals surface area contributed by atoms with Gasteiger partial charge in [0.25, 0.3) is 0 Å². The lowest BCUT2D eigenvalue weighted by Crippen LogP contribution is -2.29. The van der Waals surface area contributed by atoms with Crippen molar-refractivity contribution in [3.63, 3.8) is 0 Å². The van der Waals surface area contributed by atoms with Gasteiger partial charge in [-0.1, -0.05) is 6.92 Å². The van der Waals surface area contributed by atoms with Crippen LogP contribution in [0.15, 0.2) is 12.1 Å². The number of anilines is 1. The number of carboxylic acids is 1. The zero-order valence-electron chi connectivity index (χ0n) is 11.7. The van der Waals surface area contributed by atoms with Gasteiger partial charge in [-0.25, -0.2) is 0 Å². The molecule has 20 heavy (non-hydrogen) atoms. The molecule has 0 aliphatic heterocycles. The van der Waals surface area contributed by atoms with E-state index < -0.39 is 11.4 Å². The number of carbonyl (C=O) groups excluding carboxylic acids is 1. The van der Waals surface area contributed by atoms with Crippen LogP contribution in [0.3, 0.4) is 0 Å². The van der Waals surface area contributed by atoms with Gasteiger partial charge in [0, 0.05) is 21.7 Å². The van der Waals surface area contributed by atoms with Crippen molar-refractivity contribution in [1.29, 1.82) is 0 Å². The zero-order chi connectivity index (χ0) is 15.5. The van der Waals surface area contributed by atoms with E-state index in [0.29, 0.717) is 23.4 Å². The van der Waals surface area contributed by atoms with Crippen molar-refractivity contribution < 1.29 is 19.4 Å². The summed E-state index contributed by atoms with van der Waals surface area (Å²) >= 11 is 2.03. The summed E-state index contributed by atoms with van der Waals surface area (Å²) in [5.74, 6) is -0.860. The average molecular weight is 391 g/mol. The highest BCUT2D eigenvalue weighted by Crippen LogP contribution is 2.32. The van der Waals surface area contributed by atoms with Gasteiger partial charge in [-0.15, -0.1) is 0 Å². The molecule has 0 aliphatic carbocycles. The number of ketones is 1. The van der Waals surface area contributed by atoms with E-state index in [9.17, 15) is 14.7 Å². The third-order valence-corrected chi connectivity index (χ3v) is 4.40. The maximum atomic E-state index is 12.4. The second kappa shape index (κ2) is 6.43. The molecule has 0 saturated heterocycles. The minimum atomic E-state index is -1.07. The Balaban J connectivity index is 3.15. The van der Waals surface area contributed by atoms with Crippen molar-refractivity contribution >= 4 is 40.0 Å². The van der Waals surface area contributed by atoms with Crippen LogP contribution in [0.5, 0.6) is 5.75 Å². The first-order valence-corrected chi connectivity index (χ1v) is 7.22. The molecule has 0 aromatic heterocycles. The van der Waals surface area contributed by atoms with Gasteiger partial charge in [0.15, 0.2) is 5.78 Å². The molecule has 6 heteroatoms. The first-order chi connectivity index (χ1) is 9.25. The molecule has 1 atom stereocenters. The number of nitrogens with two attached hydrogens (primary N) is 1. The van der Waals surface area contributed by atoms with E-state index in [1.807, 2.05) is 22.6 Å². The fourth-order valence-electron chi connectivity index (χ4n) is 1.76. The van der Waals surface area contributed by atoms with E-state index >= 15 is 0 Å². The number of rotatable bonds is 6. The predicted molar refractivity (Wildman–Crippen MR) is 85.1 cm³/mol. The van der Waals surface area contributed by atoms with E-state index in [1.54, 1.807) is 26.0 Å². The maximum absolute atomic E-state index is 12.4. The van der Waals surface area contributed by atoms with Crippen molar-refractivity contribution in [2.24, 2.45) is 5.41 Å². The van der Waals surface area contributed by atoms with E-state index in [4.69, 9.17) is 10.5 Å². The third kappa shape index (κ3) is 3.41. The van der Waals surface area contributed by atoms with E-state index in [0.717, 1.165) is 3.57 Å². The molecular weight excluding hydrogens is 373 g/mol. The number of hydrogen-bond donors (Lipinski definition) is 2. The van der Waals surface area contributed by atoms with Gasteiger partial charge in [-0.05, 0) is 42.0 Å². The first-order valence-electron chi connectivity index (χ1n) is 6.14. The highest BCUT2D eigenvalue weighted by Gasteiger charge is 2.34. The Bertz CT molecular complexity index is 544. The SMILES string of the molecule is CC[C@](C)(CC(=O)c1cc(I)c(N)cc1OC)C(=O)O. The fraction of sp³-hybridized carbons (Fsp3) is 0.429. The van der Waals surface area contributed by atoms with E-state index in [1.165, 1.54) is 7.11 Å². The van der Waals surface area contributed by atoms with Crippen LogP contribution in [0.25, 0.3) is 0 Å². The lowest BCUT2D eigenvalue weighted by Gasteiger charge is -2.22. The summed E-state index contributed by atoms with van der Waals surface area (Å²) in [5.41, 5.74) is 5.59. The second-order valence-corrected chi connectivity index (χ2v) is 6.06. The van der Waals surface area contributed by atoms with Gasteiger partial charge < -0.3 is 15.6 Å². The summed E-state index contributed by atoms with van der Waals surface area (Å²) in [6, 6.07) is 3.22. The largest absolute Gasteiger partial charge is 0.496 e. The summed E-state index contributed by atoms with van der Waals surface area (Å²) in [6.07, 6.45) is 0.303. The number of Topliss-reactive ketones (excluding diaryl/α,β-unsaturated/α-hetero) is 1. The number of carbonyl (C=O) groups is 2. The number of benzene rings is 1. The van der Waals surface area contributed by atoms with Gasteiger partial charge in [-0.2, -0.15) is 0 Å². The summed E-state index contributed by atoms with van der Waals surface area (Å²) < 4.78 is 5.90. The Morgan fingerprint density at radius 2 is 2.05 bits per heavy atom. The van der Waals surface area contributed by atoms with Gasteiger partial charge in [0.05, 0.1) is 18.1 Å². The van der Waals surface area contributed by atoms with Crippen LogP contribution in [0.2, 0.25) is 0 Å². The molecule has 5 nitrogen and oxygen atoms in total. The van der Waals surface area contributed by atoms with Crippen LogP contribution in [-0.2, 0) is 4.79 Å². The predicted octanol–water partition coefficient (Wildman–Crippen LogP) is 2.96. The third-order valence-electron chi connectivity index (χ3n) is 3.47. The molecule has 0 heterocycles. The van der Waals surface area contributed by atoms with Crippen LogP contribution in [0.4, 0.5) is 5.69 Å². The first kappa shape index (κ1) is 16.7. The maximum Gasteiger partial charge on any atom is 0.309 e. The Kier molecular flexibility index (Phi) is 5.38. The number of ether oxygens (including phenoxy) is 1. The second-order valence-electron chi connectivity index (χ2n) is 4.89. The van der Waals surface area contributed by atoms with E-state index in [2.05, 4.69) is 0 Å². The average Bonchev–Trinajstić information content (AvgIpc) is 2.40. The van der Waals surface area contributed by atoms with Gasteiger partial charge in [-0.3, -0.25) is 9.59 Å². The summed E-state index contributed by atoms with van der Waals surface area (Å²) in [5, 5.41) is 9.25.